The molecule has 0 saturated carbocycles. The number of unbranched alkanes of at least 4 members (excludes halogenated alkanes) is 1. The molecule has 1 aromatic heterocycles. The van der Waals surface area contributed by atoms with Crippen molar-refractivity contribution in [2.45, 2.75) is 46.1 Å². The van der Waals surface area contributed by atoms with E-state index in [1.54, 1.807) is 11.3 Å². The summed E-state index contributed by atoms with van der Waals surface area (Å²) in [5.41, 5.74) is 3.12. The SMILES string of the molecule is CCCCNC(=O)c1ccc(CN=C(NCC)NCC(C)c2ccsc2)cc1. The second kappa shape index (κ2) is 12.2. The van der Waals surface area contributed by atoms with Crippen LogP contribution in [0.15, 0.2) is 46.1 Å². The number of aliphatic imine (C=N–C) groups is 1. The van der Waals surface area contributed by atoms with Crippen LogP contribution in [0, 0.1) is 0 Å². The summed E-state index contributed by atoms with van der Waals surface area (Å²) in [6.45, 7) is 9.33. The highest BCUT2D eigenvalue weighted by Crippen LogP contribution is 2.17. The Morgan fingerprint density at radius 1 is 1.11 bits per heavy atom. The van der Waals surface area contributed by atoms with E-state index in [-0.39, 0.29) is 5.91 Å². The number of nitrogens with zero attached hydrogens (tertiary/aromatic N) is 1. The van der Waals surface area contributed by atoms with Crippen molar-refractivity contribution >= 4 is 23.2 Å². The largest absolute Gasteiger partial charge is 0.357 e. The molecule has 152 valence electrons. The third-order valence-corrected chi connectivity index (χ3v) is 5.19. The molecule has 0 aliphatic heterocycles. The van der Waals surface area contributed by atoms with Crippen LogP contribution in [-0.4, -0.2) is 31.5 Å². The van der Waals surface area contributed by atoms with Crippen LogP contribution in [0.25, 0.3) is 0 Å². The fourth-order valence-corrected chi connectivity index (χ4v) is 3.46. The third-order valence-electron chi connectivity index (χ3n) is 4.48. The highest BCUT2D eigenvalue weighted by molar-refractivity contribution is 7.07. The maximum Gasteiger partial charge on any atom is 0.251 e. The smallest absolute Gasteiger partial charge is 0.251 e. The van der Waals surface area contributed by atoms with Gasteiger partial charge in [-0.25, -0.2) is 4.99 Å². The molecule has 5 nitrogen and oxygen atoms in total. The molecule has 6 heteroatoms. The van der Waals surface area contributed by atoms with E-state index < -0.39 is 0 Å². The maximum absolute atomic E-state index is 12.1. The first kappa shape index (κ1) is 22.0. The first-order valence-corrected chi connectivity index (χ1v) is 11.0. The predicted molar refractivity (Wildman–Crippen MR) is 119 cm³/mol. The van der Waals surface area contributed by atoms with Crippen LogP contribution < -0.4 is 16.0 Å². The van der Waals surface area contributed by atoms with E-state index >= 15 is 0 Å². The summed E-state index contributed by atoms with van der Waals surface area (Å²) in [6.07, 6.45) is 2.08. The lowest BCUT2D eigenvalue weighted by Crippen LogP contribution is -2.39. The molecule has 3 N–H and O–H groups in total. The molecule has 1 aromatic carbocycles. The lowest BCUT2D eigenvalue weighted by molar-refractivity contribution is 0.0953. The molecule has 28 heavy (non-hydrogen) atoms. The van der Waals surface area contributed by atoms with Gasteiger partial charge in [0.15, 0.2) is 5.96 Å². The van der Waals surface area contributed by atoms with E-state index in [0.717, 1.165) is 44.0 Å². The molecule has 0 spiro atoms. The third kappa shape index (κ3) is 7.35. The minimum atomic E-state index is -0.0130. The van der Waals surface area contributed by atoms with E-state index in [2.05, 4.69) is 58.5 Å². The number of carbonyl (C=O) groups excluding carboxylic acids is 1. The molecule has 2 aromatic rings. The number of amides is 1. The maximum atomic E-state index is 12.1. The number of guanidine groups is 1. The Balaban J connectivity index is 1.88. The number of hydrogen-bond donors (Lipinski definition) is 3. The van der Waals surface area contributed by atoms with Gasteiger partial charge in [0.05, 0.1) is 6.54 Å². The van der Waals surface area contributed by atoms with Gasteiger partial charge in [0.2, 0.25) is 0 Å². The zero-order chi connectivity index (χ0) is 20.2. The van der Waals surface area contributed by atoms with Crippen LogP contribution in [0.1, 0.15) is 61.0 Å². The fourth-order valence-electron chi connectivity index (χ4n) is 2.68. The number of rotatable bonds is 10. The summed E-state index contributed by atoms with van der Waals surface area (Å²) in [4.78, 5) is 16.7. The van der Waals surface area contributed by atoms with Crippen molar-refractivity contribution in [1.29, 1.82) is 0 Å². The standard InChI is InChI=1S/C22H32N4OS/c1-4-6-12-24-21(27)19-9-7-18(8-10-19)15-26-22(23-5-2)25-14-17(3)20-11-13-28-16-20/h7-11,13,16-17H,4-6,12,14-15H2,1-3H3,(H,24,27)(H2,23,25,26). The highest BCUT2D eigenvalue weighted by Gasteiger charge is 2.07. The van der Waals surface area contributed by atoms with E-state index in [1.165, 1.54) is 5.56 Å². The molecular formula is C22H32N4OS. The molecule has 0 fully saturated rings. The van der Waals surface area contributed by atoms with Crippen molar-refractivity contribution in [3.63, 3.8) is 0 Å². The number of carbonyl (C=O) groups is 1. The summed E-state index contributed by atoms with van der Waals surface area (Å²) < 4.78 is 0. The second-order valence-corrected chi connectivity index (χ2v) is 7.62. The van der Waals surface area contributed by atoms with Gasteiger partial charge in [0, 0.05) is 25.2 Å². The Labute approximate surface area is 172 Å². The number of hydrogen-bond acceptors (Lipinski definition) is 3. The van der Waals surface area contributed by atoms with Gasteiger partial charge in [-0.3, -0.25) is 4.79 Å². The van der Waals surface area contributed by atoms with Crippen LogP contribution in [0.3, 0.4) is 0 Å². The van der Waals surface area contributed by atoms with Crippen molar-refractivity contribution in [2.75, 3.05) is 19.6 Å². The zero-order valence-electron chi connectivity index (χ0n) is 17.1. The van der Waals surface area contributed by atoms with Crippen LogP contribution in [-0.2, 0) is 6.54 Å². The Morgan fingerprint density at radius 3 is 2.54 bits per heavy atom. The van der Waals surface area contributed by atoms with Gasteiger partial charge in [0.25, 0.3) is 5.91 Å². The first-order chi connectivity index (χ1) is 13.6. The summed E-state index contributed by atoms with van der Waals surface area (Å²) in [6, 6.07) is 9.84. The molecule has 0 bridgehead atoms. The number of nitrogens with one attached hydrogen (secondary N) is 3. The Morgan fingerprint density at radius 2 is 1.89 bits per heavy atom. The topological polar surface area (TPSA) is 65.5 Å². The number of benzene rings is 1. The Bertz CT molecular complexity index is 726. The van der Waals surface area contributed by atoms with Gasteiger partial charge in [-0.1, -0.05) is 32.4 Å². The lowest BCUT2D eigenvalue weighted by atomic mass is 10.1. The first-order valence-electron chi connectivity index (χ1n) is 10.1. The van der Waals surface area contributed by atoms with Gasteiger partial charge >= 0.3 is 0 Å². The van der Waals surface area contributed by atoms with Crippen molar-refractivity contribution < 1.29 is 4.79 Å². The Hall–Kier alpha value is -2.34. The molecule has 1 amide bonds. The van der Waals surface area contributed by atoms with Crippen LogP contribution >= 0.6 is 11.3 Å². The zero-order valence-corrected chi connectivity index (χ0v) is 17.9. The Kier molecular flexibility index (Phi) is 9.55. The number of thiophene rings is 1. The average molecular weight is 401 g/mol. The predicted octanol–water partition coefficient (Wildman–Crippen LogP) is 4.14. The minimum Gasteiger partial charge on any atom is -0.357 e. The van der Waals surface area contributed by atoms with Crippen molar-refractivity contribution in [3.05, 3.63) is 57.8 Å². The van der Waals surface area contributed by atoms with Gasteiger partial charge in [-0.15, -0.1) is 0 Å². The van der Waals surface area contributed by atoms with Crippen molar-refractivity contribution in [1.82, 2.24) is 16.0 Å². The van der Waals surface area contributed by atoms with Crippen LogP contribution in [0.2, 0.25) is 0 Å². The van der Waals surface area contributed by atoms with Crippen molar-refractivity contribution in [3.8, 4) is 0 Å². The van der Waals surface area contributed by atoms with Gasteiger partial charge in [-0.2, -0.15) is 11.3 Å². The highest BCUT2D eigenvalue weighted by atomic mass is 32.1. The van der Waals surface area contributed by atoms with E-state index in [4.69, 9.17) is 0 Å². The minimum absolute atomic E-state index is 0.0130. The van der Waals surface area contributed by atoms with E-state index in [9.17, 15) is 4.79 Å². The van der Waals surface area contributed by atoms with Crippen molar-refractivity contribution in [2.24, 2.45) is 4.99 Å². The van der Waals surface area contributed by atoms with E-state index in [0.29, 0.717) is 18.0 Å². The van der Waals surface area contributed by atoms with Gasteiger partial charge in [0.1, 0.15) is 0 Å². The lowest BCUT2D eigenvalue weighted by Gasteiger charge is -2.15. The van der Waals surface area contributed by atoms with Gasteiger partial charge < -0.3 is 16.0 Å². The molecule has 0 radical (unpaired) electrons. The summed E-state index contributed by atoms with van der Waals surface area (Å²) >= 11 is 1.73. The molecule has 1 atom stereocenters. The molecule has 1 heterocycles. The summed E-state index contributed by atoms with van der Waals surface area (Å²) in [5.74, 6) is 1.23. The molecule has 2 rings (SSSR count). The monoisotopic (exact) mass is 400 g/mol. The van der Waals surface area contributed by atoms with Crippen LogP contribution in [0.5, 0.6) is 0 Å². The summed E-state index contributed by atoms with van der Waals surface area (Å²) in [5, 5.41) is 13.9. The normalized spacial score (nSPS) is 12.5. The van der Waals surface area contributed by atoms with Crippen LogP contribution in [0.4, 0.5) is 0 Å². The fraction of sp³-hybridized carbons (Fsp3) is 0.455. The molecule has 0 aliphatic rings. The molecule has 0 aliphatic carbocycles. The van der Waals surface area contributed by atoms with Gasteiger partial charge in [-0.05, 0) is 59.3 Å². The molecule has 0 saturated heterocycles. The average Bonchev–Trinajstić information content (AvgIpc) is 3.25. The molecular weight excluding hydrogens is 368 g/mol. The quantitative estimate of drug-likeness (QED) is 0.319. The summed E-state index contributed by atoms with van der Waals surface area (Å²) in [7, 11) is 0. The second-order valence-electron chi connectivity index (χ2n) is 6.84. The molecule has 1 unspecified atom stereocenters. The van der Waals surface area contributed by atoms with E-state index in [1.807, 2.05) is 24.3 Å².